The zero-order valence-electron chi connectivity index (χ0n) is 18.7. The number of aromatic nitrogens is 3. The van der Waals surface area contributed by atoms with E-state index in [1.54, 1.807) is 12.4 Å². The van der Waals surface area contributed by atoms with Crippen molar-refractivity contribution in [2.45, 2.75) is 6.92 Å². The molecule has 3 aromatic rings. The van der Waals surface area contributed by atoms with Gasteiger partial charge in [0.15, 0.2) is 17.3 Å². The molecule has 0 atom stereocenters. The summed E-state index contributed by atoms with van der Waals surface area (Å²) >= 11 is 0. The third-order valence-corrected chi connectivity index (χ3v) is 5.79. The molecule has 2 aromatic heterocycles. The molecule has 2 aliphatic heterocycles. The molecule has 4 heterocycles. The highest BCUT2D eigenvalue weighted by Crippen LogP contribution is 2.23. The van der Waals surface area contributed by atoms with Gasteiger partial charge in [-0.1, -0.05) is 29.8 Å². The van der Waals surface area contributed by atoms with Crippen LogP contribution in [0, 0.1) is 6.92 Å². The summed E-state index contributed by atoms with van der Waals surface area (Å²) in [6.07, 6.45) is 5.36. The van der Waals surface area contributed by atoms with Gasteiger partial charge in [-0.15, -0.1) is 0 Å². The first-order chi connectivity index (χ1) is 16.2. The van der Waals surface area contributed by atoms with E-state index in [9.17, 15) is 4.79 Å². The molecule has 10 heteroatoms. The molecule has 2 N–H and O–H groups in total. The van der Waals surface area contributed by atoms with Gasteiger partial charge in [-0.05, 0) is 12.5 Å². The number of hydrogen-bond acceptors (Lipinski definition) is 8. The highest BCUT2D eigenvalue weighted by molar-refractivity contribution is 5.93. The Kier molecular flexibility index (Phi) is 6.18. The molecule has 2 saturated heterocycles. The van der Waals surface area contributed by atoms with Crippen LogP contribution in [-0.2, 0) is 4.74 Å². The highest BCUT2D eigenvalue weighted by Gasteiger charge is 2.24. The van der Waals surface area contributed by atoms with Crippen LogP contribution < -0.4 is 15.6 Å². The zero-order chi connectivity index (χ0) is 22.6. The van der Waals surface area contributed by atoms with E-state index in [2.05, 4.69) is 31.8 Å². The third kappa shape index (κ3) is 4.81. The lowest BCUT2D eigenvalue weighted by Crippen LogP contribution is -2.46. The second kappa shape index (κ2) is 9.55. The normalized spacial score (nSPS) is 17.1. The molecule has 2 aliphatic rings. The molecule has 0 saturated carbocycles. The molecule has 0 bridgehead atoms. The van der Waals surface area contributed by atoms with E-state index in [4.69, 9.17) is 9.72 Å². The Morgan fingerprint density at radius 2 is 1.97 bits per heavy atom. The van der Waals surface area contributed by atoms with Gasteiger partial charge < -0.3 is 19.9 Å². The lowest BCUT2D eigenvalue weighted by atomic mass is 10.2. The number of carbonyl (C=O) groups excluding carboxylic acids is 1. The quantitative estimate of drug-likeness (QED) is 0.449. The molecular weight excluding hydrogens is 420 g/mol. The average Bonchev–Trinajstić information content (AvgIpc) is 3.28. The van der Waals surface area contributed by atoms with Crippen molar-refractivity contribution >= 4 is 29.4 Å². The number of nitrogens with one attached hydrogen (secondary N) is 2. The van der Waals surface area contributed by atoms with Crippen LogP contribution in [0.25, 0.3) is 5.65 Å². The first-order valence-electron chi connectivity index (χ1n) is 11.3. The van der Waals surface area contributed by atoms with E-state index in [1.807, 2.05) is 40.6 Å². The fourth-order valence-electron chi connectivity index (χ4n) is 4.08. The standard InChI is InChI=1S/C23H28N8O2/c1-17-3-2-4-18(13-17)14-25-28-20-16-31-15-19(23(32)30-7-5-24-6-8-30)26-21(31)22(27-20)29-9-11-33-12-10-29/h2-4,13-16,24,28H,5-12H2,1H3/b25-14+. The number of piperazine rings is 1. The number of anilines is 2. The minimum absolute atomic E-state index is 0.0555. The number of rotatable bonds is 5. The second-order valence-electron chi connectivity index (χ2n) is 8.23. The van der Waals surface area contributed by atoms with Crippen LogP contribution in [-0.4, -0.2) is 83.9 Å². The molecule has 172 valence electrons. The van der Waals surface area contributed by atoms with E-state index in [-0.39, 0.29) is 5.91 Å². The highest BCUT2D eigenvalue weighted by atomic mass is 16.5. The Labute approximate surface area is 192 Å². The van der Waals surface area contributed by atoms with Gasteiger partial charge in [0.25, 0.3) is 5.91 Å². The Bertz CT molecular complexity index is 1160. The van der Waals surface area contributed by atoms with Gasteiger partial charge >= 0.3 is 0 Å². The molecule has 0 unspecified atom stereocenters. The summed E-state index contributed by atoms with van der Waals surface area (Å²) in [5.74, 6) is 1.24. The third-order valence-electron chi connectivity index (χ3n) is 5.79. The van der Waals surface area contributed by atoms with Gasteiger partial charge in [-0.25, -0.2) is 9.97 Å². The summed E-state index contributed by atoms with van der Waals surface area (Å²) in [4.78, 5) is 26.5. The van der Waals surface area contributed by atoms with Gasteiger partial charge in [-0.2, -0.15) is 5.10 Å². The maximum atomic E-state index is 13.0. The Hall–Kier alpha value is -3.50. The maximum Gasteiger partial charge on any atom is 0.274 e. The summed E-state index contributed by atoms with van der Waals surface area (Å²) in [6, 6.07) is 8.11. The van der Waals surface area contributed by atoms with Gasteiger partial charge in [0.05, 0.1) is 25.6 Å². The van der Waals surface area contributed by atoms with E-state index in [0.717, 1.165) is 18.7 Å². The molecule has 5 rings (SSSR count). The number of carbonyl (C=O) groups is 1. The minimum Gasteiger partial charge on any atom is -0.378 e. The number of aryl methyl sites for hydroxylation is 1. The predicted molar refractivity (Wildman–Crippen MR) is 127 cm³/mol. The maximum absolute atomic E-state index is 13.0. The number of morpholine rings is 1. The van der Waals surface area contributed by atoms with Crippen LogP contribution in [0.4, 0.5) is 11.6 Å². The van der Waals surface area contributed by atoms with Crippen molar-refractivity contribution in [1.29, 1.82) is 0 Å². The lowest BCUT2D eigenvalue weighted by Gasteiger charge is -2.28. The zero-order valence-corrected chi connectivity index (χ0v) is 18.7. The molecule has 10 nitrogen and oxygen atoms in total. The van der Waals surface area contributed by atoms with Crippen LogP contribution in [0.2, 0.25) is 0 Å². The van der Waals surface area contributed by atoms with Gasteiger partial charge in [0, 0.05) is 45.5 Å². The van der Waals surface area contributed by atoms with Gasteiger partial charge in [0.2, 0.25) is 0 Å². The number of benzene rings is 1. The Morgan fingerprint density at radius 3 is 2.76 bits per heavy atom. The first-order valence-corrected chi connectivity index (χ1v) is 11.3. The summed E-state index contributed by atoms with van der Waals surface area (Å²) < 4.78 is 7.37. The molecule has 0 aliphatic carbocycles. The Morgan fingerprint density at radius 1 is 1.15 bits per heavy atom. The summed E-state index contributed by atoms with van der Waals surface area (Å²) in [5, 5.41) is 7.64. The number of nitrogens with zero attached hydrogens (tertiary/aromatic N) is 6. The number of hydrogen-bond donors (Lipinski definition) is 2. The largest absolute Gasteiger partial charge is 0.378 e. The fraction of sp³-hybridized carbons (Fsp3) is 0.391. The van der Waals surface area contributed by atoms with Gasteiger partial charge in [-0.3, -0.25) is 14.6 Å². The van der Waals surface area contributed by atoms with E-state index in [1.165, 1.54) is 5.56 Å². The number of imidazole rings is 1. The molecule has 33 heavy (non-hydrogen) atoms. The molecule has 1 amide bonds. The van der Waals surface area contributed by atoms with E-state index >= 15 is 0 Å². The monoisotopic (exact) mass is 448 g/mol. The number of amides is 1. The summed E-state index contributed by atoms with van der Waals surface area (Å²) in [5.41, 5.74) is 6.29. The van der Waals surface area contributed by atoms with Crippen molar-refractivity contribution in [2.75, 3.05) is 62.8 Å². The van der Waals surface area contributed by atoms with Crippen LogP contribution in [0.5, 0.6) is 0 Å². The van der Waals surface area contributed by atoms with Crippen molar-refractivity contribution in [2.24, 2.45) is 5.10 Å². The average molecular weight is 449 g/mol. The predicted octanol–water partition coefficient (Wildman–Crippen LogP) is 1.37. The van der Waals surface area contributed by atoms with Gasteiger partial charge in [0.1, 0.15) is 5.69 Å². The first kappa shape index (κ1) is 21.4. The Balaban J connectivity index is 1.45. The SMILES string of the molecule is Cc1cccc(/C=N/Nc2cn3cc(C(=O)N4CCNCC4)nc3c(N3CCOCC3)n2)c1. The number of fused-ring (bicyclic) bond motifs is 1. The topological polar surface area (TPSA) is 99.4 Å². The van der Waals surface area contributed by atoms with Crippen molar-refractivity contribution < 1.29 is 9.53 Å². The molecule has 0 spiro atoms. The smallest absolute Gasteiger partial charge is 0.274 e. The van der Waals surface area contributed by atoms with Crippen molar-refractivity contribution in [3.05, 3.63) is 53.5 Å². The minimum atomic E-state index is -0.0555. The van der Waals surface area contributed by atoms with Crippen LogP contribution in [0.3, 0.4) is 0 Å². The number of hydrazone groups is 1. The molecule has 2 fully saturated rings. The van der Waals surface area contributed by atoms with E-state index in [0.29, 0.717) is 62.4 Å². The van der Waals surface area contributed by atoms with Crippen molar-refractivity contribution in [1.82, 2.24) is 24.6 Å². The summed E-state index contributed by atoms with van der Waals surface area (Å²) in [7, 11) is 0. The fourth-order valence-corrected chi connectivity index (χ4v) is 4.08. The van der Waals surface area contributed by atoms with E-state index < -0.39 is 0 Å². The molecule has 0 radical (unpaired) electrons. The van der Waals surface area contributed by atoms with Crippen molar-refractivity contribution in [3.8, 4) is 0 Å². The van der Waals surface area contributed by atoms with Crippen LogP contribution in [0.15, 0.2) is 41.8 Å². The lowest BCUT2D eigenvalue weighted by molar-refractivity contribution is 0.0730. The van der Waals surface area contributed by atoms with Crippen LogP contribution >= 0.6 is 0 Å². The van der Waals surface area contributed by atoms with Crippen molar-refractivity contribution in [3.63, 3.8) is 0 Å². The molecule has 1 aromatic carbocycles. The molecular formula is C23H28N8O2. The number of ether oxygens (including phenoxy) is 1. The summed E-state index contributed by atoms with van der Waals surface area (Å²) in [6.45, 7) is 7.70. The second-order valence-corrected chi connectivity index (χ2v) is 8.23. The van der Waals surface area contributed by atoms with Crippen LogP contribution in [0.1, 0.15) is 21.6 Å².